The van der Waals surface area contributed by atoms with Crippen LogP contribution < -0.4 is 16.2 Å². The van der Waals surface area contributed by atoms with Gasteiger partial charge in [-0.3, -0.25) is 0 Å². The first-order valence-corrected chi connectivity index (χ1v) is 5.93. The van der Waals surface area contributed by atoms with E-state index in [0.717, 1.165) is 5.56 Å². The van der Waals surface area contributed by atoms with Gasteiger partial charge in [-0.2, -0.15) is 4.98 Å². The van der Waals surface area contributed by atoms with Gasteiger partial charge in [0.2, 0.25) is 16.0 Å². The van der Waals surface area contributed by atoms with Crippen molar-refractivity contribution < 1.29 is 8.42 Å². The molecule has 0 atom stereocenters. The number of nitrogens with two attached hydrogens (primary N) is 2. The van der Waals surface area contributed by atoms with E-state index in [-0.39, 0.29) is 18.2 Å². The summed E-state index contributed by atoms with van der Waals surface area (Å²) in [6, 6.07) is 0. The van der Waals surface area contributed by atoms with Gasteiger partial charge in [0.1, 0.15) is 5.82 Å². The van der Waals surface area contributed by atoms with Gasteiger partial charge in [-0.25, -0.2) is 18.5 Å². The number of sulfonamides is 1. The molecule has 0 saturated carbocycles. The first kappa shape index (κ1) is 11.7. The largest absolute Gasteiger partial charge is 0.369 e. The van der Waals surface area contributed by atoms with Crippen molar-refractivity contribution >= 4 is 21.8 Å². The fourth-order valence-electron chi connectivity index (χ4n) is 0.946. The van der Waals surface area contributed by atoms with E-state index in [1.165, 1.54) is 0 Å². The molecule has 0 unspecified atom stereocenters. The Labute approximate surface area is 88.0 Å². The predicted octanol–water partition coefficient (Wildman–Crippen LogP) is -0.932. The summed E-state index contributed by atoms with van der Waals surface area (Å²) in [6.07, 6.45) is 1.56. The first-order chi connectivity index (χ1) is 6.88. The quantitative estimate of drug-likeness (QED) is 0.614. The smallest absolute Gasteiger partial charge is 0.221 e. The molecule has 0 saturated heterocycles. The Hall–Kier alpha value is -1.41. The molecular weight excluding hydrogens is 218 g/mol. The fourth-order valence-corrected chi connectivity index (χ4v) is 1.33. The molecule has 1 aromatic rings. The minimum absolute atomic E-state index is 0.138. The van der Waals surface area contributed by atoms with Crippen molar-refractivity contribution in [3.63, 3.8) is 0 Å². The van der Waals surface area contributed by atoms with Gasteiger partial charge in [-0.1, -0.05) is 0 Å². The second kappa shape index (κ2) is 4.41. The Balaban J connectivity index is 2.61. The highest BCUT2D eigenvalue weighted by molar-refractivity contribution is 7.89. The molecule has 5 N–H and O–H groups in total. The molecule has 0 aromatic carbocycles. The second-order valence-corrected chi connectivity index (χ2v) is 4.79. The molecule has 7 nitrogen and oxygen atoms in total. The molecule has 0 amide bonds. The van der Waals surface area contributed by atoms with Crippen molar-refractivity contribution in [2.75, 3.05) is 23.3 Å². The Morgan fingerprint density at radius 1 is 1.53 bits per heavy atom. The molecule has 84 valence electrons. The monoisotopic (exact) mass is 231 g/mol. The first-order valence-electron chi connectivity index (χ1n) is 4.22. The van der Waals surface area contributed by atoms with Gasteiger partial charge >= 0.3 is 0 Å². The van der Waals surface area contributed by atoms with E-state index in [1.807, 2.05) is 0 Å². The molecule has 15 heavy (non-hydrogen) atoms. The zero-order valence-electron chi connectivity index (χ0n) is 8.27. The third kappa shape index (κ3) is 4.09. The van der Waals surface area contributed by atoms with Crippen LogP contribution in [0.15, 0.2) is 6.20 Å². The van der Waals surface area contributed by atoms with Gasteiger partial charge in [-0.15, -0.1) is 0 Å². The number of nitrogens with one attached hydrogen (secondary N) is 1. The highest BCUT2D eigenvalue weighted by Gasteiger charge is 2.04. The summed E-state index contributed by atoms with van der Waals surface area (Å²) in [6.45, 7) is 1.98. The molecule has 0 aliphatic carbocycles. The summed E-state index contributed by atoms with van der Waals surface area (Å²) in [5, 5.41) is 7.66. The molecule has 0 fully saturated rings. The molecular formula is C7H13N5O2S. The van der Waals surface area contributed by atoms with Gasteiger partial charge < -0.3 is 11.1 Å². The van der Waals surface area contributed by atoms with Gasteiger partial charge in [0, 0.05) is 18.3 Å². The van der Waals surface area contributed by atoms with Crippen LogP contribution in [0, 0.1) is 6.92 Å². The maximum atomic E-state index is 10.7. The van der Waals surface area contributed by atoms with Gasteiger partial charge in [0.05, 0.1) is 5.75 Å². The van der Waals surface area contributed by atoms with Crippen LogP contribution in [0.3, 0.4) is 0 Å². The van der Waals surface area contributed by atoms with E-state index in [1.54, 1.807) is 13.1 Å². The third-order valence-electron chi connectivity index (χ3n) is 1.67. The molecule has 0 radical (unpaired) electrons. The summed E-state index contributed by atoms with van der Waals surface area (Å²) in [5.41, 5.74) is 6.17. The van der Waals surface area contributed by atoms with E-state index in [0.29, 0.717) is 5.82 Å². The number of anilines is 2. The average molecular weight is 231 g/mol. The van der Waals surface area contributed by atoms with Crippen molar-refractivity contribution in [1.82, 2.24) is 9.97 Å². The molecule has 1 heterocycles. The Bertz CT molecular complexity index is 445. The summed E-state index contributed by atoms with van der Waals surface area (Å²) in [5.74, 6) is 0.501. The SMILES string of the molecule is Cc1cnc(N)nc1NCCS(N)(=O)=O. The highest BCUT2D eigenvalue weighted by atomic mass is 32.2. The van der Waals surface area contributed by atoms with Gasteiger partial charge in [0.25, 0.3) is 0 Å². The molecule has 0 spiro atoms. The number of hydrogen-bond donors (Lipinski definition) is 3. The number of hydrogen-bond acceptors (Lipinski definition) is 6. The van der Waals surface area contributed by atoms with E-state index >= 15 is 0 Å². The highest BCUT2D eigenvalue weighted by Crippen LogP contribution is 2.09. The number of aryl methyl sites for hydroxylation is 1. The maximum Gasteiger partial charge on any atom is 0.221 e. The van der Waals surface area contributed by atoms with Crippen molar-refractivity contribution in [3.05, 3.63) is 11.8 Å². The average Bonchev–Trinajstić information content (AvgIpc) is 2.09. The minimum atomic E-state index is -3.45. The normalized spacial score (nSPS) is 11.3. The van der Waals surface area contributed by atoms with Crippen LogP contribution in [0.4, 0.5) is 11.8 Å². The molecule has 1 rings (SSSR count). The zero-order valence-corrected chi connectivity index (χ0v) is 9.08. The Morgan fingerprint density at radius 3 is 2.80 bits per heavy atom. The van der Waals surface area contributed by atoms with Gasteiger partial charge in [0.15, 0.2) is 0 Å². The Morgan fingerprint density at radius 2 is 2.20 bits per heavy atom. The number of aromatic nitrogens is 2. The second-order valence-electron chi connectivity index (χ2n) is 3.05. The van der Waals surface area contributed by atoms with Crippen LogP contribution >= 0.6 is 0 Å². The van der Waals surface area contributed by atoms with Crippen LogP contribution in [-0.4, -0.2) is 30.7 Å². The number of nitrogens with zero attached hydrogens (tertiary/aromatic N) is 2. The standard InChI is InChI=1S/C7H13N5O2S/c1-5-4-11-7(8)12-6(5)10-2-3-15(9,13)14/h4H,2-3H2,1H3,(H2,9,13,14)(H3,8,10,11,12). The zero-order chi connectivity index (χ0) is 11.5. The van der Waals surface area contributed by atoms with Crippen LogP contribution in [0.25, 0.3) is 0 Å². The van der Waals surface area contributed by atoms with Crippen LogP contribution in [0.5, 0.6) is 0 Å². The van der Waals surface area contributed by atoms with E-state index < -0.39 is 10.0 Å². The van der Waals surface area contributed by atoms with Crippen LogP contribution in [0.1, 0.15) is 5.56 Å². The number of primary sulfonamides is 1. The summed E-state index contributed by atoms with van der Waals surface area (Å²) < 4.78 is 21.3. The van der Waals surface area contributed by atoms with Crippen molar-refractivity contribution in [2.45, 2.75) is 6.92 Å². The predicted molar refractivity (Wildman–Crippen MR) is 57.6 cm³/mol. The van der Waals surface area contributed by atoms with Gasteiger partial charge in [-0.05, 0) is 6.92 Å². The number of rotatable bonds is 4. The van der Waals surface area contributed by atoms with E-state index in [4.69, 9.17) is 10.9 Å². The van der Waals surface area contributed by atoms with E-state index in [2.05, 4.69) is 15.3 Å². The summed E-state index contributed by atoms with van der Waals surface area (Å²) in [7, 11) is -3.45. The lowest BCUT2D eigenvalue weighted by molar-refractivity contribution is 0.598. The van der Waals surface area contributed by atoms with Crippen LogP contribution in [0.2, 0.25) is 0 Å². The Kier molecular flexibility index (Phi) is 3.43. The number of nitrogen functional groups attached to an aromatic ring is 1. The van der Waals surface area contributed by atoms with Crippen LogP contribution in [-0.2, 0) is 10.0 Å². The topological polar surface area (TPSA) is 124 Å². The molecule has 0 bridgehead atoms. The van der Waals surface area contributed by atoms with E-state index in [9.17, 15) is 8.42 Å². The maximum absolute atomic E-state index is 10.7. The van der Waals surface area contributed by atoms with Crippen molar-refractivity contribution in [2.24, 2.45) is 5.14 Å². The van der Waals surface area contributed by atoms with Crippen molar-refractivity contribution in [3.8, 4) is 0 Å². The summed E-state index contributed by atoms with van der Waals surface area (Å²) in [4.78, 5) is 7.69. The lowest BCUT2D eigenvalue weighted by atomic mass is 10.3. The fraction of sp³-hybridized carbons (Fsp3) is 0.429. The lowest BCUT2D eigenvalue weighted by Crippen LogP contribution is -2.23. The van der Waals surface area contributed by atoms with Crippen molar-refractivity contribution in [1.29, 1.82) is 0 Å². The summed E-state index contributed by atoms with van der Waals surface area (Å²) >= 11 is 0. The lowest BCUT2D eigenvalue weighted by Gasteiger charge is -2.07. The molecule has 0 aliphatic heterocycles. The molecule has 0 aliphatic rings. The molecule has 1 aromatic heterocycles. The minimum Gasteiger partial charge on any atom is -0.369 e. The third-order valence-corrected chi connectivity index (χ3v) is 2.44. The molecule has 8 heteroatoms.